The minimum Gasteiger partial charge on any atom is -0.413 e. The molecule has 0 N–H and O–H groups in total. The lowest BCUT2D eigenvalue weighted by Crippen LogP contribution is -2.42. The molecule has 3 atom stereocenters. The summed E-state index contributed by atoms with van der Waals surface area (Å²) in [6.45, 7) is 19.2. The lowest BCUT2D eigenvalue weighted by Gasteiger charge is -2.35. The highest BCUT2D eigenvalue weighted by atomic mass is 28.4. The van der Waals surface area contributed by atoms with E-state index in [0.29, 0.717) is 6.42 Å². The van der Waals surface area contributed by atoms with E-state index in [9.17, 15) is 0 Å². The molecule has 0 aromatic carbocycles. The van der Waals surface area contributed by atoms with E-state index in [2.05, 4.69) is 58.7 Å². The van der Waals surface area contributed by atoms with Crippen molar-refractivity contribution in [3.8, 4) is 12.3 Å². The maximum absolute atomic E-state index is 6.22. The highest BCUT2D eigenvalue weighted by Crippen LogP contribution is 2.24. The molecule has 0 spiro atoms. The maximum Gasteiger partial charge on any atom is 0.184 e. The Hall–Kier alpha value is -0.346. The molecule has 0 saturated carbocycles. The lowest BCUT2D eigenvalue weighted by molar-refractivity contribution is 0.0684. The molecule has 0 amide bonds. The smallest absolute Gasteiger partial charge is 0.184 e. The Morgan fingerprint density at radius 2 is 1.58 bits per heavy atom. The molecule has 0 aromatic rings. The molecular formula is C15H30O2Si2. The van der Waals surface area contributed by atoms with E-state index < -0.39 is 16.6 Å². The zero-order valence-electron chi connectivity index (χ0n) is 13.6. The van der Waals surface area contributed by atoms with Crippen LogP contribution in [0.25, 0.3) is 0 Å². The van der Waals surface area contributed by atoms with E-state index in [1.165, 1.54) is 0 Å². The summed E-state index contributed by atoms with van der Waals surface area (Å²) in [6, 6.07) is 0. The van der Waals surface area contributed by atoms with Crippen molar-refractivity contribution in [2.75, 3.05) is 0 Å². The molecule has 0 aliphatic rings. The van der Waals surface area contributed by atoms with Crippen molar-refractivity contribution in [2.45, 2.75) is 64.8 Å². The summed E-state index contributed by atoms with van der Waals surface area (Å²) in [5.74, 6) is 2.96. The average Bonchev–Trinajstić information content (AvgIpc) is 2.21. The summed E-state index contributed by atoms with van der Waals surface area (Å²) >= 11 is 0. The maximum atomic E-state index is 6.22. The van der Waals surface area contributed by atoms with Gasteiger partial charge in [0.25, 0.3) is 0 Å². The number of hydrogen-bond acceptors (Lipinski definition) is 2. The normalized spacial score (nSPS) is 17.4. The number of rotatable bonds is 8. The van der Waals surface area contributed by atoms with Crippen LogP contribution in [0.4, 0.5) is 0 Å². The van der Waals surface area contributed by atoms with Crippen LogP contribution in [0.2, 0.25) is 39.3 Å². The van der Waals surface area contributed by atoms with Crippen LogP contribution >= 0.6 is 0 Å². The summed E-state index contributed by atoms with van der Waals surface area (Å²) in [6.07, 6.45) is 8.07. The van der Waals surface area contributed by atoms with Gasteiger partial charge in [0.15, 0.2) is 16.6 Å². The van der Waals surface area contributed by atoms with Crippen LogP contribution < -0.4 is 0 Å². The topological polar surface area (TPSA) is 18.5 Å². The van der Waals surface area contributed by atoms with Gasteiger partial charge in [-0.1, -0.05) is 13.0 Å². The van der Waals surface area contributed by atoms with Crippen molar-refractivity contribution < 1.29 is 8.85 Å². The third-order valence-corrected chi connectivity index (χ3v) is 4.64. The van der Waals surface area contributed by atoms with Crippen molar-refractivity contribution in [3.63, 3.8) is 0 Å². The predicted molar refractivity (Wildman–Crippen MR) is 89.2 cm³/mol. The van der Waals surface area contributed by atoms with Gasteiger partial charge in [0.1, 0.15) is 0 Å². The molecule has 0 aromatic heterocycles. The average molecular weight is 299 g/mol. The minimum absolute atomic E-state index is 0.0152. The molecule has 0 radical (unpaired) electrons. The van der Waals surface area contributed by atoms with Crippen molar-refractivity contribution in [1.82, 2.24) is 0 Å². The van der Waals surface area contributed by atoms with E-state index in [4.69, 9.17) is 15.3 Å². The number of terminal acetylenes is 1. The minimum atomic E-state index is -1.61. The molecule has 4 heteroatoms. The Morgan fingerprint density at radius 1 is 1.11 bits per heavy atom. The second kappa shape index (κ2) is 7.44. The van der Waals surface area contributed by atoms with Crippen molar-refractivity contribution >= 4 is 16.6 Å². The molecule has 0 rings (SSSR count). The fourth-order valence-electron chi connectivity index (χ4n) is 1.90. The largest absolute Gasteiger partial charge is 0.413 e. The molecule has 0 aliphatic heterocycles. The zero-order valence-corrected chi connectivity index (χ0v) is 15.6. The van der Waals surface area contributed by atoms with Crippen LogP contribution in [0.5, 0.6) is 0 Å². The van der Waals surface area contributed by atoms with Gasteiger partial charge in [-0.25, -0.2) is 0 Å². The van der Waals surface area contributed by atoms with Crippen LogP contribution in [0.1, 0.15) is 13.3 Å². The van der Waals surface area contributed by atoms with E-state index in [1.54, 1.807) is 0 Å². The summed E-state index contributed by atoms with van der Waals surface area (Å²) < 4.78 is 12.4. The van der Waals surface area contributed by atoms with Gasteiger partial charge < -0.3 is 8.85 Å². The molecule has 0 saturated heterocycles. The summed E-state index contributed by atoms with van der Waals surface area (Å²) in [5.41, 5.74) is 0. The van der Waals surface area contributed by atoms with E-state index in [0.717, 1.165) is 0 Å². The van der Waals surface area contributed by atoms with Crippen LogP contribution in [-0.2, 0) is 8.85 Å². The van der Waals surface area contributed by atoms with Gasteiger partial charge in [-0.05, 0) is 39.3 Å². The Balaban J connectivity index is 4.90. The third kappa shape index (κ3) is 8.43. The molecule has 2 nitrogen and oxygen atoms in total. The van der Waals surface area contributed by atoms with Gasteiger partial charge in [-0.15, -0.1) is 18.9 Å². The first-order valence-electron chi connectivity index (χ1n) is 6.92. The van der Waals surface area contributed by atoms with E-state index >= 15 is 0 Å². The van der Waals surface area contributed by atoms with Gasteiger partial charge in [0, 0.05) is 12.3 Å². The number of hydrogen-bond donors (Lipinski definition) is 0. The SMILES string of the molecule is C#CC[C@@H](O[Si](C)(C)C)[C@@H](C)[C@@H](C=C)O[Si](C)(C)C. The Labute approximate surface area is 121 Å². The van der Waals surface area contributed by atoms with Crippen molar-refractivity contribution in [3.05, 3.63) is 12.7 Å². The standard InChI is InChI=1S/C15H30O2Si2/c1-10-12-15(17-19(7,8)9)13(3)14(11-2)16-18(4,5)6/h1,11,13-15H,2,12H2,3-9H3/t13-,14+,15+/m0/s1. The Bertz CT molecular complexity index is 321. The lowest BCUT2D eigenvalue weighted by atomic mass is 9.96. The highest BCUT2D eigenvalue weighted by Gasteiger charge is 2.31. The van der Waals surface area contributed by atoms with Crippen LogP contribution in [0.3, 0.4) is 0 Å². The van der Waals surface area contributed by atoms with E-state index in [-0.39, 0.29) is 18.1 Å². The van der Waals surface area contributed by atoms with Crippen LogP contribution in [0, 0.1) is 18.3 Å². The summed E-state index contributed by atoms with van der Waals surface area (Å²) in [5, 5.41) is 0. The van der Waals surface area contributed by atoms with Gasteiger partial charge in [-0.3, -0.25) is 0 Å². The second-order valence-electron chi connectivity index (χ2n) is 6.97. The van der Waals surface area contributed by atoms with Crippen molar-refractivity contribution in [1.29, 1.82) is 0 Å². The zero-order chi connectivity index (χ0) is 15.3. The van der Waals surface area contributed by atoms with Crippen LogP contribution in [-0.4, -0.2) is 28.8 Å². The van der Waals surface area contributed by atoms with E-state index in [1.807, 2.05) is 6.08 Å². The molecule has 110 valence electrons. The van der Waals surface area contributed by atoms with Crippen LogP contribution in [0.15, 0.2) is 12.7 Å². The quantitative estimate of drug-likeness (QED) is 0.378. The highest BCUT2D eigenvalue weighted by molar-refractivity contribution is 6.70. The summed E-state index contributed by atoms with van der Waals surface area (Å²) in [4.78, 5) is 0. The first-order valence-corrected chi connectivity index (χ1v) is 13.7. The summed E-state index contributed by atoms with van der Waals surface area (Å²) in [7, 11) is -3.21. The fraction of sp³-hybridized carbons (Fsp3) is 0.733. The Morgan fingerprint density at radius 3 is 1.89 bits per heavy atom. The Kier molecular flexibility index (Phi) is 7.30. The monoisotopic (exact) mass is 298 g/mol. The van der Waals surface area contributed by atoms with Gasteiger partial charge in [0.05, 0.1) is 12.2 Å². The fourth-order valence-corrected chi connectivity index (χ4v) is 4.23. The molecular weight excluding hydrogens is 268 g/mol. The molecule has 0 unspecified atom stereocenters. The first-order chi connectivity index (χ1) is 8.50. The van der Waals surface area contributed by atoms with Gasteiger partial charge in [0.2, 0.25) is 0 Å². The molecule has 19 heavy (non-hydrogen) atoms. The van der Waals surface area contributed by atoms with Crippen molar-refractivity contribution in [2.24, 2.45) is 5.92 Å². The van der Waals surface area contributed by atoms with Gasteiger partial charge >= 0.3 is 0 Å². The second-order valence-corrected chi connectivity index (χ2v) is 15.9. The first kappa shape index (κ1) is 18.7. The van der Waals surface area contributed by atoms with Gasteiger partial charge in [-0.2, -0.15) is 0 Å². The molecule has 0 fully saturated rings. The predicted octanol–water partition coefficient (Wildman–Crippen LogP) is 4.27. The molecule has 0 bridgehead atoms. The third-order valence-electron chi connectivity index (χ3n) is 2.65. The molecule has 0 heterocycles. The molecule has 0 aliphatic carbocycles.